The molecule has 56 valence electrons. The first-order valence-electron chi connectivity index (χ1n) is 4.84. The average molecular weight is 136 g/mol. The zero-order valence-corrected chi connectivity index (χ0v) is 6.72. The molecule has 0 nitrogen and oxygen atoms in total. The van der Waals surface area contributed by atoms with Gasteiger partial charge in [0, 0.05) is 0 Å². The second-order valence-corrected chi connectivity index (χ2v) is 4.87. The van der Waals surface area contributed by atoms with E-state index in [1.54, 1.807) is 25.7 Å². The van der Waals surface area contributed by atoms with Gasteiger partial charge in [-0.1, -0.05) is 6.92 Å². The van der Waals surface area contributed by atoms with Crippen molar-refractivity contribution in [3.63, 3.8) is 0 Å². The smallest absolute Gasteiger partial charge is 0.0352 e. The summed E-state index contributed by atoms with van der Waals surface area (Å²) < 4.78 is 0. The molecule has 0 aromatic carbocycles. The minimum absolute atomic E-state index is 1.09. The molecular weight excluding hydrogens is 120 g/mol. The molecule has 0 saturated heterocycles. The van der Waals surface area contributed by atoms with Gasteiger partial charge < -0.3 is 0 Å². The van der Waals surface area contributed by atoms with E-state index in [0.29, 0.717) is 0 Å². The lowest BCUT2D eigenvalue weighted by Crippen LogP contribution is -2.10. The Labute approximate surface area is 63.0 Å². The van der Waals surface area contributed by atoms with Gasteiger partial charge in [0.15, 0.2) is 0 Å². The quantitative estimate of drug-likeness (QED) is 0.480. The van der Waals surface area contributed by atoms with E-state index in [1.165, 1.54) is 17.8 Å². The van der Waals surface area contributed by atoms with E-state index < -0.39 is 0 Å². The zero-order chi connectivity index (χ0) is 6.72. The van der Waals surface area contributed by atoms with E-state index in [0.717, 1.165) is 11.8 Å². The van der Waals surface area contributed by atoms with Crippen molar-refractivity contribution in [1.82, 2.24) is 0 Å². The molecule has 0 amide bonds. The summed E-state index contributed by atoms with van der Waals surface area (Å²) in [7, 11) is 0. The Morgan fingerprint density at radius 3 is 2.70 bits per heavy atom. The minimum atomic E-state index is 1.09. The molecule has 3 aliphatic rings. The lowest BCUT2D eigenvalue weighted by molar-refractivity contribution is 0.313. The average Bonchev–Trinajstić information content (AvgIpc) is 2.57. The maximum atomic E-state index is 2.48. The summed E-state index contributed by atoms with van der Waals surface area (Å²) in [4.78, 5) is 0. The van der Waals surface area contributed by atoms with Gasteiger partial charge in [0.25, 0.3) is 0 Å². The van der Waals surface area contributed by atoms with Crippen LogP contribution in [0.3, 0.4) is 0 Å². The summed E-state index contributed by atoms with van der Waals surface area (Å²) >= 11 is 0. The Kier molecular flexibility index (Phi) is 0.898. The van der Waals surface area contributed by atoms with E-state index in [4.69, 9.17) is 0 Å². The monoisotopic (exact) mass is 136 g/mol. The molecule has 0 heterocycles. The molecule has 0 unspecified atom stereocenters. The molecular formula is C10H16. The summed E-state index contributed by atoms with van der Waals surface area (Å²) in [5.74, 6) is 5.82. The third kappa shape index (κ3) is 0.580. The van der Waals surface area contributed by atoms with E-state index in [2.05, 4.69) is 6.92 Å². The second-order valence-electron chi connectivity index (χ2n) is 4.87. The third-order valence-electron chi connectivity index (χ3n) is 4.20. The van der Waals surface area contributed by atoms with Crippen LogP contribution in [0, 0.1) is 29.6 Å². The number of rotatable bonds is 0. The van der Waals surface area contributed by atoms with Gasteiger partial charge in [-0.25, -0.2) is 0 Å². The summed E-state index contributed by atoms with van der Waals surface area (Å²) in [6.07, 6.45) is 6.37. The highest BCUT2D eigenvalue weighted by molar-refractivity contribution is 5.02. The predicted molar refractivity (Wildman–Crippen MR) is 41.6 cm³/mol. The first kappa shape index (κ1) is 5.62. The number of fused-ring (bicyclic) bond motifs is 4. The van der Waals surface area contributed by atoms with E-state index in [9.17, 15) is 0 Å². The van der Waals surface area contributed by atoms with Crippen LogP contribution in [-0.4, -0.2) is 0 Å². The molecule has 0 spiro atoms. The standard InChI is InChI=1S/C10H16/c1-6-2-7-3-8-5-10(8)9(6)4-7/h6-10H,2-5H2,1H3/t6-,7+,8-,9+,10-/m0/s1. The lowest BCUT2D eigenvalue weighted by atomic mass is 9.87. The van der Waals surface area contributed by atoms with Crippen LogP contribution in [0.1, 0.15) is 32.6 Å². The van der Waals surface area contributed by atoms with Crippen LogP contribution >= 0.6 is 0 Å². The second kappa shape index (κ2) is 1.60. The highest BCUT2D eigenvalue weighted by atomic mass is 14.6. The highest BCUT2D eigenvalue weighted by Crippen LogP contribution is 2.62. The maximum Gasteiger partial charge on any atom is -0.0352 e. The Hall–Kier alpha value is 0. The summed E-state index contributed by atoms with van der Waals surface area (Å²) in [6.45, 7) is 2.48. The lowest BCUT2D eigenvalue weighted by Gasteiger charge is -2.18. The van der Waals surface area contributed by atoms with Gasteiger partial charge in [0.2, 0.25) is 0 Å². The first-order chi connectivity index (χ1) is 4.84. The van der Waals surface area contributed by atoms with Gasteiger partial charge in [-0.15, -0.1) is 0 Å². The molecule has 0 N–H and O–H groups in total. The van der Waals surface area contributed by atoms with Crippen molar-refractivity contribution in [3.05, 3.63) is 0 Å². The van der Waals surface area contributed by atoms with Gasteiger partial charge >= 0.3 is 0 Å². The fourth-order valence-electron chi connectivity index (χ4n) is 3.70. The minimum Gasteiger partial charge on any atom is -0.0622 e. The highest BCUT2D eigenvalue weighted by Gasteiger charge is 2.53. The summed E-state index contributed by atoms with van der Waals surface area (Å²) in [6, 6.07) is 0. The van der Waals surface area contributed by atoms with Gasteiger partial charge in [-0.3, -0.25) is 0 Å². The molecule has 0 aromatic heterocycles. The van der Waals surface area contributed by atoms with Crippen LogP contribution in [0.5, 0.6) is 0 Å². The van der Waals surface area contributed by atoms with Crippen LogP contribution in [0.25, 0.3) is 0 Å². The molecule has 3 rings (SSSR count). The number of hydrogen-bond acceptors (Lipinski definition) is 0. The van der Waals surface area contributed by atoms with Crippen LogP contribution in [0.15, 0.2) is 0 Å². The summed E-state index contributed by atoms with van der Waals surface area (Å²) in [5, 5.41) is 0. The van der Waals surface area contributed by atoms with Crippen LogP contribution in [0.4, 0.5) is 0 Å². The van der Waals surface area contributed by atoms with E-state index in [1.807, 2.05) is 0 Å². The van der Waals surface area contributed by atoms with Gasteiger partial charge in [-0.2, -0.15) is 0 Å². The van der Waals surface area contributed by atoms with Crippen LogP contribution in [-0.2, 0) is 0 Å². The van der Waals surface area contributed by atoms with Crippen LogP contribution in [0.2, 0.25) is 0 Å². The Bertz CT molecular complexity index is 157. The molecule has 0 aliphatic heterocycles. The fraction of sp³-hybridized carbons (Fsp3) is 1.00. The largest absolute Gasteiger partial charge is 0.0622 e. The van der Waals surface area contributed by atoms with Crippen molar-refractivity contribution in [2.75, 3.05) is 0 Å². The van der Waals surface area contributed by atoms with Crippen molar-refractivity contribution in [3.8, 4) is 0 Å². The van der Waals surface area contributed by atoms with E-state index >= 15 is 0 Å². The van der Waals surface area contributed by atoms with Gasteiger partial charge in [0.1, 0.15) is 0 Å². The van der Waals surface area contributed by atoms with Crippen molar-refractivity contribution < 1.29 is 0 Å². The van der Waals surface area contributed by atoms with Crippen LogP contribution < -0.4 is 0 Å². The van der Waals surface area contributed by atoms with Gasteiger partial charge in [-0.05, 0) is 55.3 Å². The zero-order valence-electron chi connectivity index (χ0n) is 6.72. The number of hydrogen-bond donors (Lipinski definition) is 0. The van der Waals surface area contributed by atoms with Crippen molar-refractivity contribution in [1.29, 1.82) is 0 Å². The SMILES string of the molecule is C[C@H]1C[C@@H]2C[C@H]3C[C@@H]3[C@@H]1C2. The molecule has 3 fully saturated rings. The Morgan fingerprint density at radius 1 is 0.900 bits per heavy atom. The van der Waals surface area contributed by atoms with Gasteiger partial charge in [0.05, 0.1) is 0 Å². The third-order valence-corrected chi connectivity index (χ3v) is 4.20. The molecule has 0 radical (unpaired) electrons. The van der Waals surface area contributed by atoms with Crippen molar-refractivity contribution in [2.24, 2.45) is 29.6 Å². The molecule has 0 heteroatoms. The topological polar surface area (TPSA) is 0 Å². The predicted octanol–water partition coefficient (Wildman–Crippen LogP) is 2.69. The van der Waals surface area contributed by atoms with Crippen molar-refractivity contribution >= 4 is 0 Å². The molecule has 10 heavy (non-hydrogen) atoms. The maximum absolute atomic E-state index is 2.48. The molecule has 3 saturated carbocycles. The molecule has 5 atom stereocenters. The van der Waals surface area contributed by atoms with E-state index in [-0.39, 0.29) is 0 Å². The molecule has 2 bridgehead atoms. The molecule has 0 aromatic rings. The van der Waals surface area contributed by atoms with Crippen molar-refractivity contribution in [2.45, 2.75) is 32.6 Å². The molecule has 3 aliphatic carbocycles. The fourth-order valence-corrected chi connectivity index (χ4v) is 3.70. The first-order valence-corrected chi connectivity index (χ1v) is 4.84. The Balaban J connectivity index is 1.90. The Morgan fingerprint density at radius 2 is 1.80 bits per heavy atom. The normalized spacial score (nSPS) is 63.9. The summed E-state index contributed by atoms with van der Waals surface area (Å²) in [5.41, 5.74) is 0.